The van der Waals surface area contributed by atoms with E-state index < -0.39 is 6.10 Å². The molecule has 4 rings (SSSR count). The molecule has 1 N–H and O–H groups in total. The van der Waals surface area contributed by atoms with Crippen LogP contribution < -0.4 is 0 Å². The van der Waals surface area contributed by atoms with E-state index in [-0.39, 0.29) is 0 Å². The van der Waals surface area contributed by atoms with Gasteiger partial charge in [-0.1, -0.05) is 78.9 Å². The summed E-state index contributed by atoms with van der Waals surface area (Å²) in [4.78, 5) is 4.60. The summed E-state index contributed by atoms with van der Waals surface area (Å²) in [7, 11) is 0. The number of aromatic nitrogens is 1. The third-order valence-electron chi connectivity index (χ3n) is 4.30. The van der Waals surface area contributed by atoms with Crippen molar-refractivity contribution in [3.05, 3.63) is 102 Å². The standard InChI is InChI=1S/C22H17NO/c24-22(17-9-2-1-3-10-17)20-13-7-6-12-19(20)21-18-11-5-4-8-16(18)14-15-23-21/h1-15,22,24H. The summed E-state index contributed by atoms with van der Waals surface area (Å²) in [6.07, 6.45) is 1.15. The molecule has 2 heteroatoms. The summed E-state index contributed by atoms with van der Waals surface area (Å²) in [5.41, 5.74) is 3.61. The van der Waals surface area contributed by atoms with Gasteiger partial charge in [0.05, 0.1) is 5.69 Å². The molecule has 0 saturated heterocycles. The molecule has 0 radical (unpaired) electrons. The molecule has 1 heterocycles. The van der Waals surface area contributed by atoms with Crippen molar-refractivity contribution in [3.8, 4) is 11.3 Å². The SMILES string of the molecule is OC(c1ccccc1)c1ccccc1-c1nccc2ccccc12. The number of aliphatic hydroxyl groups is 1. The number of pyridine rings is 1. The second-order valence-corrected chi connectivity index (χ2v) is 5.78. The number of fused-ring (bicyclic) bond motifs is 1. The summed E-state index contributed by atoms with van der Waals surface area (Å²) < 4.78 is 0. The van der Waals surface area contributed by atoms with Crippen molar-refractivity contribution in [1.29, 1.82) is 0 Å². The number of nitrogens with zero attached hydrogens (tertiary/aromatic N) is 1. The minimum Gasteiger partial charge on any atom is -0.384 e. The molecule has 0 aliphatic heterocycles. The van der Waals surface area contributed by atoms with Crippen LogP contribution in [0, 0.1) is 0 Å². The molecule has 0 aliphatic carbocycles. The van der Waals surface area contributed by atoms with Crippen LogP contribution in [0.3, 0.4) is 0 Å². The highest BCUT2D eigenvalue weighted by atomic mass is 16.3. The largest absolute Gasteiger partial charge is 0.384 e. The Morgan fingerprint density at radius 2 is 1.42 bits per heavy atom. The van der Waals surface area contributed by atoms with Gasteiger partial charge in [-0.3, -0.25) is 4.98 Å². The van der Waals surface area contributed by atoms with Crippen LogP contribution >= 0.6 is 0 Å². The number of hydrogen-bond acceptors (Lipinski definition) is 2. The van der Waals surface area contributed by atoms with Crippen molar-refractivity contribution in [1.82, 2.24) is 4.98 Å². The fourth-order valence-electron chi connectivity index (χ4n) is 3.10. The van der Waals surface area contributed by atoms with Crippen molar-refractivity contribution in [2.24, 2.45) is 0 Å². The molecule has 0 bridgehead atoms. The summed E-state index contributed by atoms with van der Waals surface area (Å²) in [5.74, 6) is 0. The normalized spacial score (nSPS) is 12.2. The van der Waals surface area contributed by atoms with Gasteiger partial charge in [-0.05, 0) is 22.6 Å². The fraction of sp³-hybridized carbons (Fsp3) is 0.0455. The zero-order valence-corrected chi connectivity index (χ0v) is 13.1. The average Bonchev–Trinajstić information content (AvgIpc) is 2.68. The molecule has 0 amide bonds. The maximum Gasteiger partial charge on any atom is 0.105 e. The van der Waals surface area contributed by atoms with Crippen molar-refractivity contribution >= 4 is 10.8 Å². The third kappa shape index (κ3) is 2.57. The van der Waals surface area contributed by atoms with Crippen molar-refractivity contribution in [2.75, 3.05) is 0 Å². The predicted octanol–water partition coefficient (Wildman–Crippen LogP) is 4.98. The van der Waals surface area contributed by atoms with E-state index in [1.165, 1.54) is 0 Å². The Morgan fingerprint density at radius 3 is 2.29 bits per heavy atom. The molecule has 1 atom stereocenters. The fourth-order valence-corrected chi connectivity index (χ4v) is 3.10. The molecule has 24 heavy (non-hydrogen) atoms. The zero-order valence-electron chi connectivity index (χ0n) is 13.1. The lowest BCUT2D eigenvalue weighted by Crippen LogP contribution is -2.02. The quantitative estimate of drug-likeness (QED) is 0.578. The van der Waals surface area contributed by atoms with Gasteiger partial charge in [0.2, 0.25) is 0 Å². The Labute approximate surface area is 141 Å². The van der Waals surface area contributed by atoms with Crippen LogP contribution in [-0.2, 0) is 0 Å². The molecule has 2 nitrogen and oxygen atoms in total. The molecule has 0 spiro atoms. The monoisotopic (exact) mass is 311 g/mol. The average molecular weight is 311 g/mol. The maximum atomic E-state index is 10.9. The second-order valence-electron chi connectivity index (χ2n) is 5.78. The van der Waals surface area contributed by atoms with Gasteiger partial charge in [-0.2, -0.15) is 0 Å². The van der Waals surface area contributed by atoms with Gasteiger partial charge in [-0.15, -0.1) is 0 Å². The number of hydrogen-bond donors (Lipinski definition) is 1. The smallest absolute Gasteiger partial charge is 0.105 e. The Morgan fingerprint density at radius 1 is 0.708 bits per heavy atom. The van der Waals surface area contributed by atoms with Crippen LogP contribution in [-0.4, -0.2) is 10.1 Å². The van der Waals surface area contributed by atoms with E-state index in [9.17, 15) is 5.11 Å². The van der Waals surface area contributed by atoms with E-state index in [2.05, 4.69) is 17.1 Å². The van der Waals surface area contributed by atoms with Gasteiger partial charge in [0.25, 0.3) is 0 Å². The van der Waals surface area contributed by atoms with E-state index in [4.69, 9.17) is 0 Å². The van der Waals surface area contributed by atoms with E-state index in [0.717, 1.165) is 33.2 Å². The Bertz CT molecular complexity index is 974. The van der Waals surface area contributed by atoms with Crippen molar-refractivity contribution < 1.29 is 5.11 Å². The van der Waals surface area contributed by atoms with Gasteiger partial charge in [0.1, 0.15) is 6.10 Å². The minimum atomic E-state index is -0.678. The van der Waals surface area contributed by atoms with E-state index in [1.807, 2.05) is 79.0 Å². The first-order chi connectivity index (χ1) is 11.8. The summed E-state index contributed by atoms with van der Waals surface area (Å²) in [6, 6.07) is 27.9. The number of rotatable bonds is 3. The van der Waals surface area contributed by atoms with Gasteiger partial charge < -0.3 is 5.11 Å². The zero-order chi connectivity index (χ0) is 16.4. The van der Waals surface area contributed by atoms with Crippen LogP contribution in [0.5, 0.6) is 0 Å². The number of aliphatic hydroxyl groups excluding tert-OH is 1. The highest BCUT2D eigenvalue weighted by Crippen LogP contribution is 2.34. The first-order valence-corrected chi connectivity index (χ1v) is 8.00. The predicted molar refractivity (Wildman–Crippen MR) is 97.7 cm³/mol. The highest BCUT2D eigenvalue weighted by molar-refractivity contribution is 5.95. The minimum absolute atomic E-state index is 0.678. The van der Waals surface area contributed by atoms with Gasteiger partial charge >= 0.3 is 0 Å². The molecular weight excluding hydrogens is 294 g/mol. The highest BCUT2D eigenvalue weighted by Gasteiger charge is 2.17. The molecule has 0 saturated carbocycles. The lowest BCUT2D eigenvalue weighted by atomic mass is 9.93. The molecule has 3 aromatic carbocycles. The maximum absolute atomic E-state index is 10.9. The number of benzene rings is 3. The van der Waals surface area contributed by atoms with Crippen LogP contribution in [0.1, 0.15) is 17.2 Å². The first-order valence-electron chi connectivity index (χ1n) is 8.00. The van der Waals surface area contributed by atoms with Crippen molar-refractivity contribution in [2.45, 2.75) is 6.10 Å². The molecule has 0 aliphatic rings. The molecule has 1 unspecified atom stereocenters. The van der Waals surface area contributed by atoms with Gasteiger partial charge in [0, 0.05) is 17.1 Å². The topological polar surface area (TPSA) is 33.1 Å². The van der Waals surface area contributed by atoms with Gasteiger partial charge in [0.15, 0.2) is 0 Å². The lowest BCUT2D eigenvalue weighted by molar-refractivity contribution is 0.221. The summed E-state index contributed by atoms with van der Waals surface area (Å²) in [5, 5.41) is 13.1. The molecule has 116 valence electrons. The van der Waals surface area contributed by atoms with Crippen LogP contribution in [0.2, 0.25) is 0 Å². The van der Waals surface area contributed by atoms with E-state index in [1.54, 1.807) is 0 Å². The molecule has 4 aromatic rings. The van der Waals surface area contributed by atoms with Crippen LogP contribution in [0.25, 0.3) is 22.0 Å². The van der Waals surface area contributed by atoms with E-state index >= 15 is 0 Å². The Hall–Kier alpha value is -2.97. The lowest BCUT2D eigenvalue weighted by Gasteiger charge is -2.16. The van der Waals surface area contributed by atoms with Crippen LogP contribution in [0.15, 0.2) is 91.1 Å². The third-order valence-corrected chi connectivity index (χ3v) is 4.30. The molecule has 0 fully saturated rings. The summed E-state index contributed by atoms with van der Waals surface area (Å²) >= 11 is 0. The second kappa shape index (κ2) is 6.26. The van der Waals surface area contributed by atoms with Crippen LogP contribution in [0.4, 0.5) is 0 Å². The Balaban J connectivity index is 1.91. The molecule has 1 aromatic heterocycles. The van der Waals surface area contributed by atoms with E-state index in [0.29, 0.717) is 0 Å². The molecular formula is C22H17NO. The van der Waals surface area contributed by atoms with Gasteiger partial charge in [-0.25, -0.2) is 0 Å². The van der Waals surface area contributed by atoms with Crippen molar-refractivity contribution in [3.63, 3.8) is 0 Å². The first kappa shape index (κ1) is 14.6. The Kier molecular flexibility index (Phi) is 3.81. The summed E-state index contributed by atoms with van der Waals surface area (Å²) in [6.45, 7) is 0.